The summed E-state index contributed by atoms with van der Waals surface area (Å²) in [5, 5.41) is 11.0. The van der Waals surface area contributed by atoms with Crippen LogP contribution in [-0.4, -0.2) is 65.4 Å². The second-order valence-electron chi connectivity index (χ2n) is 7.19. The molecule has 2 aliphatic heterocycles. The van der Waals surface area contributed by atoms with Crippen molar-refractivity contribution in [2.45, 2.75) is 56.4 Å². The van der Waals surface area contributed by atoms with E-state index in [9.17, 15) is 9.59 Å². The van der Waals surface area contributed by atoms with Crippen LogP contribution < -0.4 is 5.32 Å². The summed E-state index contributed by atoms with van der Waals surface area (Å²) in [6.07, 6.45) is 6.50. The molecule has 9 heteroatoms. The van der Waals surface area contributed by atoms with Crippen molar-refractivity contribution in [3.63, 3.8) is 0 Å². The average molecular weight is 364 g/mol. The van der Waals surface area contributed by atoms with Crippen molar-refractivity contribution in [1.82, 2.24) is 20.3 Å². The molecule has 0 unspecified atom stereocenters. The first-order chi connectivity index (χ1) is 12.7. The molecule has 1 aromatic heterocycles. The van der Waals surface area contributed by atoms with Crippen LogP contribution in [0.2, 0.25) is 0 Å². The fraction of sp³-hybridized carbons (Fsp3) is 0.765. The van der Waals surface area contributed by atoms with Gasteiger partial charge in [0.05, 0.1) is 32.6 Å². The molecule has 3 heterocycles. The molecule has 142 valence electrons. The zero-order valence-electron chi connectivity index (χ0n) is 14.8. The second kappa shape index (κ2) is 7.32. The van der Waals surface area contributed by atoms with Gasteiger partial charge in [-0.25, -0.2) is 9.48 Å². The van der Waals surface area contributed by atoms with Gasteiger partial charge in [-0.1, -0.05) is 24.5 Å². The van der Waals surface area contributed by atoms with Crippen LogP contribution in [0.4, 0.5) is 0 Å². The van der Waals surface area contributed by atoms with Gasteiger partial charge >= 0.3 is 5.97 Å². The molecule has 0 radical (unpaired) electrons. The highest BCUT2D eigenvalue weighted by molar-refractivity contribution is 5.86. The number of hydrogen-bond acceptors (Lipinski definition) is 7. The predicted molar refractivity (Wildman–Crippen MR) is 88.4 cm³/mol. The van der Waals surface area contributed by atoms with Gasteiger partial charge in [-0.05, 0) is 12.8 Å². The minimum atomic E-state index is -0.531. The van der Waals surface area contributed by atoms with E-state index in [1.165, 1.54) is 13.5 Å². The molecule has 1 saturated carbocycles. The van der Waals surface area contributed by atoms with Crippen LogP contribution in [0.3, 0.4) is 0 Å². The number of carbonyl (C=O) groups excluding carboxylic acids is 2. The SMILES string of the molecule is COC(=O)c1cn([C@H]2CO[C@H]3[C@@H]2OC[C@@H]3NC(=O)C2CCCCC2)nn1. The van der Waals surface area contributed by atoms with E-state index >= 15 is 0 Å². The quantitative estimate of drug-likeness (QED) is 0.774. The lowest BCUT2D eigenvalue weighted by Crippen LogP contribution is -2.46. The first-order valence-electron chi connectivity index (χ1n) is 9.21. The average Bonchev–Trinajstić information content (AvgIpc) is 3.39. The predicted octanol–water partition coefficient (Wildman–Crippen LogP) is 0.468. The molecule has 9 nitrogen and oxygen atoms in total. The van der Waals surface area contributed by atoms with Gasteiger partial charge in [0.1, 0.15) is 18.2 Å². The molecular formula is C17H24N4O5. The van der Waals surface area contributed by atoms with Gasteiger partial charge in [0.25, 0.3) is 0 Å². The van der Waals surface area contributed by atoms with Crippen LogP contribution in [-0.2, 0) is 19.0 Å². The highest BCUT2D eigenvalue weighted by Gasteiger charge is 2.49. The number of ether oxygens (including phenoxy) is 3. The van der Waals surface area contributed by atoms with Gasteiger partial charge in [-0.2, -0.15) is 0 Å². The van der Waals surface area contributed by atoms with E-state index in [4.69, 9.17) is 9.47 Å². The van der Waals surface area contributed by atoms with Crippen LogP contribution in [0.1, 0.15) is 48.6 Å². The Kier molecular flexibility index (Phi) is 4.90. The second-order valence-corrected chi connectivity index (χ2v) is 7.19. The Morgan fingerprint density at radius 1 is 1.19 bits per heavy atom. The topological polar surface area (TPSA) is 105 Å². The normalized spacial score (nSPS) is 31.6. The standard InChI is InChI=1S/C17H24N4O5/c1-24-17(23)11-7-21(20-19-11)13-9-26-14-12(8-25-15(13)14)18-16(22)10-5-3-2-4-6-10/h7,10,12-15H,2-6,8-9H2,1H3,(H,18,22)/t12-,13-,14+,15+/m0/s1. The van der Waals surface area contributed by atoms with E-state index in [-0.39, 0.29) is 41.8 Å². The van der Waals surface area contributed by atoms with Gasteiger partial charge in [0, 0.05) is 5.92 Å². The maximum atomic E-state index is 12.5. The highest BCUT2D eigenvalue weighted by Crippen LogP contribution is 2.34. The molecule has 4 rings (SSSR count). The summed E-state index contributed by atoms with van der Waals surface area (Å²) in [6.45, 7) is 0.817. The number of fused-ring (bicyclic) bond motifs is 1. The smallest absolute Gasteiger partial charge is 0.360 e. The zero-order valence-corrected chi connectivity index (χ0v) is 14.8. The van der Waals surface area contributed by atoms with E-state index in [1.807, 2.05) is 0 Å². The minimum Gasteiger partial charge on any atom is -0.464 e. The van der Waals surface area contributed by atoms with Crippen molar-refractivity contribution < 1.29 is 23.8 Å². The van der Waals surface area contributed by atoms with Gasteiger partial charge < -0.3 is 19.5 Å². The summed E-state index contributed by atoms with van der Waals surface area (Å²) in [4.78, 5) is 24.0. The Balaban J connectivity index is 1.38. The summed E-state index contributed by atoms with van der Waals surface area (Å²) >= 11 is 0. The maximum Gasteiger partial charge on any atom is 0.360 e. The molecule has 4 atom stereocenters. The van der Waals surface area contributed by atoms with E-state index in [1.54, 1.807) is 10.9 Å². The molecule has 3 aliphatic rings. The summed E-state index contributed by atoms with van der Waals surface area (Å²) in [5.41, 5.74) is 0.149. The molecule has 1 N–H and O–H groups in total. The molecule has 1 amide bonds. The van der Waals surface area contributed by atoms with Crippen LogP contribution >= 0.6 is 0 Å². The Bertz CT molecular complexity index is 672. The van der Waals surface area contributed by atoms with Gasteiger partial charge in [0.15, 0.2) is 5.69 Å². The Hall–Kier alpha value is -2.00. The summed E-state index contributed by atoms with van der Waals surface area (Å²) in [7, 11) is 1.30. The van der Waals surface area contributed by atoms with Gasteiger partial charge in [0.2, 0.25) is 5.91 Å². The Labute approximate surface area is 151 Å². The van der Waals surface area contributed by atoms with Crippen LogP contribution in [0.25, 0.3) is 0 Å². The molecule has 0 aromatic carbocycles. The van der Waals surface area contributed by atoms with Crippen molar-refractivity contribution in [3.05, 3.63) is 11.9 Å². The van der Waals surface area contributed by atoms with Crippen molar-refractivity contribution in [3.8, 4) is 0 Å². The fourth-order valence-electron chi connectivity index (χ4n) is 4.13. The first kappa shape index (κ1) is 17.4. The Morgan fingerprint density at radius 3 is 2.73 bits per heavy atom. The maximum absolute atomic E-state index is 12.5. The van der Waals surface area contributed by atoms with E-state index in [2.05, 4.69) is 20.4 Å². The van der Waals surface area contributed by atoms with E-state index < -0.39 is 5.97 Å². The summed E-state index contributed by atoms with van der Waals surface area (Å²) < 4.78 is 18.0. The number of methoxy groups -OCH3 is 1. The minimum absolute atomic E-state index is 0.109. The van der Waals surface area contributed by atoms with Crippen LogP contribution in [0.5, 0.6) is 0 Å². The van der Waals surface area contributed by atoms with Crippen molar-refractivity contribution >= 4 is 11.9 Å². The van der Waals surface area contributed by atoms with Crippen molar-refractivity contribution in [1.29, 1.82) is 0 Å². The molecule has 1 aromatic rings. The number of aromatic nitrogens is 3. The molecule has 1 aliphatic carbocycles. The molecule has 0 spiro atoms. The highest BCUT2D eigenvalue weighted by atomic mass is 16.6. The third-order valence-corrected chi connectivity index (χ3v) is 5.58. The van der Waals surface area contributed by atoms with Crippen molar-refractivity contribution in [2.24, 2.45) is 5.92 Å². The summed E-state index contributed by atoms with van der Waals surface area (Å²) in [5.74, 6) is -0.311. The lowest BCUT2D eigenvalue weighted by molar-refractivity contribution is -0.127. The number of hydrogen-bond donors (Lipinski definition) is 1. The number of carbonyl (C=O) groups is 2. The molecule has 26 heavy (non-hydrogen) atoms. The van der Waals surface area contributed by atoms with Crippen LogP contribution in [0.15, 0.2) is 6.20 Å². The van der Waals surface area contributed by atoms with E-state index in [0.717, 1.165) is 25.7 Å². The third kappa shape index (κ3) is 3.21. The van der Waals surface area contributed by atoms with E-state index in [0.29, 0.717) is 13.2 Å². The van der Waals surface area contributed by atoms with Gasteiger partial charge in [-0.15, -0.1) is 5.10 Å². The number of rotatable bonds is 4. The zero-order chi connectivity index (χ0) is 18.1. The van der Waals surface area contributed by atoms with Crippen molar-refractivity contribution in [2.75, 3.05) is 20.3 Å². The molecule has 2 saturated heterocycles. The number of esters is 1. The molecular weight excluding hydrogens is 340 g/mol. The third-order valence-electron chi connectivity index (χ3n) is 5.58. The number of nitrogens with zero attached hydrogens (tertiary/aromatic N) is 3. The monoisotopic (exact) mass is 364 g/mol. The largest absolute Gasteiger partial charge is 0.464 e. The number of amides is 1. The first-order valence-corrected chi connectivity index (χ1v) is 9.21. The van der Waals surface area contributed by atoms with Gasteiger partial charge in [-0.3, -0.25) is 4.79 Å². The molecule has 3 fully saturated rings. The lowest BCUT2D eigenvalue weighted by atomic mass is 9.88. The summed E-state index contributed by atoms with van der Waals surface area (Å²) in [6, 6.07) is -0.328. The Morgan fingerprint density at radius 2 is 1.96 bits per heavy atom. The fourth-order valence-corrected chi connectivity index (χ4v) is 4.13. The molecule has 0 bridgehead atoms. The lowest BCUT2D eigenvalue weighted by Gasteiger charge is -2.24. The number of nitrogens with one attached hydrogen (secondary N) is 1. The van der Waals surface area contributed by atoms with Crippen LogP contribution in [0, 0.1) is 5.92 Å².